The first-order valence-corrected chi connectivity index (χ1v) is 29.9. The van der Waals surface area contributed by atoms with Crippen molar-refractivity contribution in [3.05, 3.63) is 120 Å². The second-order valence-electron chi connectivity index (χ2n) is 16.3. The summed E-state index contributed by atoms with van der Waals surface area (Å²) in [4.78, 5) is 22.9. The summed E-state index contributed by atoms with van der Waals surface area (Å²) in [5, 5.41) is 86.9. The zero-order chi connectivity index (χ0) is 61.5. The summed E-state index contributed by atoms with van der Waals surface area (Å²) >= 11 is 13.9. The topological polar surface area (TPSA) is 495 Å². The third kappa shape index (κ3) is 15.2. The number of aromatic nitrogens is 6. The molecule has 0 aliphatic heterocycles. The van der Waals surface area contributed by atoms with E-state index in [1.807, 2.05) is 0 Å². The number of aromatic hydroxyl groups is 2. The summed E-state index contributed by atoms with van der Waals surface area (Å²) in [6.45, 7) is 0. The van der Waals surface area contributed by atoms with Gasteiger partial charge in [-0.1, -0.05) is 39.4 Å². The molecule has 446 valence electrons. The van der Waals surface area contributed by atoms with Crippen molar-refractivity contribution in [3.8, 4) is 11.5 Å². The highest BCUT2D eigenvalue weighted by atomic mass is 35.5. The number of halogens is 2. The fourth-order valence-corrected chi connectivity index (χ4v) is 11.1. The monoisotopic (exact) mass is 1340 g/mol. The van der Waals surface area contributed by atoms with Gasteiger partial charge in [0, 0.05) is 27.0 Å². The summed E-state index contributed by atoms with van der Waals surface area (Å²) in [5.74, 6) is -2.62. The van der Waals surface area contributed by atoms with Gasteiger partial charge in [-0.3, -0.25) is 13.7 Å². The fraction of sp³-hybridized carbons (Fsp3) is 0. The van der Waals surface area contributed by atoms with Crippen molar-refractivity contribution in [2.24, 2.45) is 20.5 Å². The number of rotatable bonds is 24. The lowest BCUT2D eigenvalue weighted by Gasteiger charge is -2.15. The normalized spacial score (nSPS) is 12.2. The van der Waals surface area contributed by atoms with E-state index in [4.69, 9.17) is 39.0 Å². The van der Waals surface area contributed by atoms with Gasteiger partial charge < -0.3 is 31.5 Å². The molecule has 2 aromatic heterocycles. The maximum atomic E-state index is 12.7. The van der Waals surface area contributed by atoms with Crippen LogP contribution >= 0.6 is 59.3 Å². The first kappa shape index (κ1) is 62.6. The molecule has 9 rings (SSSR count). The Hall–Kier alpha value is -7.92. The quantitative estimate of drug-likeness (QED) is 0.00879. The average Bonchev–Trinajstić information content (AvgIpc) is 3.34. The average molecular weight is 1340 g/mol. The SMILES string of the molecule is O=S(=O)(O)c1cc(Nc2nc(Cl)nc(Nc3ccc(Nc4nc(Cl)nc(Nc5cc(SOOO)cc6cc(S(=O)(=O)O)c(/N=N/c7ccccc7SOOO)c(O)c56)n4)cc3)n2)c2c(O)c(/N=N/c3ccccc3S(=O)(=O)O)c(SOOO)cc2c1. The molecule has 12 N–H and O–H groups in total. The highest BCUT2D eigenvalue weighted by Gasteiger charge is 2.27. The van der Waals surface area contributed by atoms with E-state index in [9.17, 15) is 49.1 Å². The lowest BCUT2D eigenvalue weighted by atomic mass is 10.1. The molecule has 2 heterocycles. The third-order valence-electron chi connectivity index (χ3n) is 10.9. The highest BCUT2D eigenvalue weighted by Crippen LogP contribution is 2.49. The molecule has 0 aliphatic rings. The summed E-state index contributed by atoms with van der Waals surface area (Å²) < 4.78 is 118. The maximum Gasteiger partial charge on any atom is 0.296 e. The molecule has 0 spiro atoms. The fourth-order valence-electron chi connectivity index (χ4n) is 7.56. The predicted octanol–water partition coefficient (Wildman–Crippen LogP) is 11.9. The molecule has 0 saturated heterocycles. The molecule has 0 bridgehead atoms. The molecular weight excluding hydrogens is 1310 g/mol. The molecule has 0 radical (unpaired) electrons. The zero-order valence-corrected chi connectivity index (χ0v) is 48.0. The van der Waals surface area contributed by atoms with Crippen molar-refractivity contribution in [2.75, 3.05) is 21.3 Å². The Balaban J connectivity index is 0.991. The van der Waals surface area contributed by atoms with Crippen LogP contribution < -0.4 is 21.3 Å². The largest absolute Gasteiger partial charge is 0.505 e. The number of benzene rings is 7. The Morgan fingerprint density at radius 3 is 1.48 bits per heavy atom. The third-order valence-corrected chi connectivity index (χ3v) is 15.7. The highest BCUT2D eigenvalue weighted by molar-refractivity contribution is 7.95. The smallest absolute Gasteiger partial charge is 0.296 e. The van der Waals surface area contributed by atoms with E-state index in [1.165, 1.54) is 78.9 Å². The van der Waals surface area contributed by atoms with Crippen molar-refractivity contribution in [3.63, 3.8) is 0 Å². The molecule has 7 aromatic carbocycles. The second kappa shape index (κ2) is 26.8. The Kier molecular flexibility index (Phi) is 19.5. The van der Waals surface area contributed by atoms with Crippen LogP contribution in [0.4, 0.5) is 69.3 Å². The maximum absolute atomic E-state index is 12.7. The Labute approximate surface area is 502 Å². The molecule has 0 saturated carbocycles. The number of azo groups is 2. The first-order valence-electron chi connectivity index (χ1n) is 22.6. The van der Waals surface area contributed by atoms with Crippen LogP contribution in [0.5, 0.6) is 11.5 Å². The van der Waals surface area contributed by atoms with Gasteiger partial charge in [-0.05, 0) is 119 Å². The van der Waals surface area contributed by atoms with Gasteiger partial charge in [-0.15, -0.1) is 33.5 Å². The predicted molar refractivity (Wildman–Crippen MR) is 303 cm³/mol. The van der Waals surface area contributed by atoms with E-state index < -0.39 is 73.2 Å². The minimum absolute atomic E-state index is 0.0416. The number of phenols is 2. The van der Waals surface area contributed by atoms with Crippen molar-refractivity contribution >= 4 is 181 Å². The van der Waals surface area contributed by atoms with E-state index in [2.05, 4.69) is 99.7 Å². The minimum atomic E-state index is -5.14. The van der Waals surface area contributed by atoms with Crippen molar-refractivity contribution < 1.29 is 93.0 Å². The van der Waals surface area contributed by atoms with E-state index in [0.717, 1.165) is 24.3 Å². The molecule has 42 heteroatoms. The molecular formula is C44H30Cl2N14O20S6. The van der Waals surface area contributed by atoms with Crippen LogP contribution in [0.25, 0.3) is 21.5 Å². The molecule has 9 aromatic rings. The van der Waals surface area contributed by atoms with Crippen molar-refractivity contribution in [2.45, 2.75) is 29.4 Å². The standard InChI is InChI=1S/C44H30Cl2N14O20S6/c45-39-51-41(55-43(53-39)49-27-17-23(81-78-75-63)13-19-16-32(86(72,73)74)36(38(62)33(19)27)60-57-25-5-1-3-7-29(25)82-79-76-64)47-21-9-11-22(12-10-21)48-42-52-40(46)54-44(56-42)50-28-18-24(84(66,67)68)14-20-15-30(83-80-77-65)35(37(61)34(20)28)59-58-26-6-2-4-8-31(26)85(69,70)71/h1-18,61-65H,(H,66,67,68)(H,69,70,71)(H,72,73,74)(H2,47,49,51,53,55)(H2,48,50,52,54,56)/b59-58+,60-57+. The van der Waals surface area contributed by atoms with Crippen LogP contribution in [0.15, 0.2) is 159 Å². The van der Waals surface area contributed by atoms with Gasteiger partial charge in [0.1, 0.15) is 32.5 Å². The minimum Gasteiger partial charge on any atom is -0.505 e. The van der Waals surface area contributed by atoms with Crippen LogP contribution in [-0.4, -0.2) is 94.8 Å². The number of anilines is 8. The van der Waals surface area contributed by atoms with Gasteiger partial charge in [-0.2, -0.15) is 55.2 Å². The number of fused-ring (bicyclic) bond motifs is 2. The summed E-state index contributed by atoms with van der Waals surface area (Å²) in [5.41, 5.74) is -1.25. The van der Waals surface area contributed by atoms with Crippen LogP contribution in [0.2, 0.25) is 10.6 Å². The van der Waals surface area contributed by atoms with Crippen LogP contribution in [0.3, 0.4) is 0 Å². The molecule has 0 atom stereocenters. The Morgan fingerprint density at radius 1 is 0.453 bits per heavy atom. The summed E-state index contributed by atoms with van der Waals surface area (Å²) in [6, 6.07) is 23.6. The number of hydrogen-bond donors (Lipinski definition) is 12. The van der Waals surface area contributed by atoms with Crippen LogP contribution in [-0.2, 0) is 58.5 Å². The number of hydrogen-bond acceptors (Lipinski definition) is 34. The van der Waals surface area contributed by atoms with Gasteiger partial charge >= 0.3 is 0 Å². The van der Waals surface area contributed by atoms with Crippen LogP contribution in [0, 0.1) is 0 Å². The number of nitrogens with one attached hydrogen (secondary N) is 4. The lowest BCUT2D eigenvalue weighted by Crippen LogP contribution is -2.06. The van der Waals surface area contributed by atoms with E-state index in [1.54, 1.807) is 6.07 Å². The molecule has 34 nitrogen and oxygen atoms in total. The van der Waals surface area contributed by atoms with E-state index in [-0.39, 0.29) is 100 Å². The van der Waals surface area contributed by atoms with Crippen molar-refractivity contribution in [1.29, 1.82) is 0 Å². The van der Waals surface area contributed by atoms with Crippen molar-refractivity contribution in [1.82, 2.24) is 29.9 Å². The molecule has 0 unspecified atom stereocenters. The molecule has 0 aliphatic carbocycles. The molecule has 0 amide bonds. The van der Waals surface area contributed by atoms with E-state index in [0.29, 0.717) is 35.5 Å². The summed E-state index contributed by atoms with van der Waals surface area (Å²) in [7, 11) is -14.9. The van der Waals surface area contributed by atoms with Crippen LogP contribution in [0.1, 0.15) is 0 Å². The first-order chi connectivity index (χ1) is 41.0. The Bertz CT molecular complexity index is 4520. The van der Waals surface area contributed by atoms with E-state index >= 15 is 0 Å². The summed E-state index contributed by atoms with van der Waals surface area (Å²) in [6.07, 6.45) is 0. The molecule has 0 fully saturated rings. The zero-order valence-electron chi connectivity index (χ0n) is 41.5. The lowest BCUT2D eigenvalue weighted by molar-refractivity contribution is -0.432. The van der Waals surface area contributed by atoms with Gasteiger partial charge in [-0.25, -0.2) is 15.8 Å². The Morgan fingerprint density at radius 2 is 0.919 bits per heavy atom. The number of phenolic OH excluding ortho intramolecular Hbond substituents is 2. The molecule has 86 heavy (non-hydrogen) atoms. The van der Waals surface area contributed by atoms with Gasteiger partial charge in [0.05, 0.1) is 62.2 Å². The number of nitrogens with zero attached hydrogens (tertiary/aromatic N) is 10. The van der Waals surface area contributed by atoms with Gasteiger partial charge in [0.15, 0.2) is 11.5 Å². The van der Waals surface area contributed by atoms with Gasteiger partial charge in [0.25, 0.3) is 30.4 Å². The second-order valence-corrected chi connectivity index (χ2v) is 23.4. The van der Waals surface area contributed by atoms with Gasteiger partial charge in [0.2, 0.25) is 34.4 Å².